The van der Waals surface area contributed by atoms with Gasteiger partial charge in [0.25, 0.3) is 5.91 Å². The van der Waals surface area contributed by atoms with Gasteiger partial charge in [0.05, 0.1) is 12.4 Å². The highest BCUT2D eigenvalue weighted by Gasteiger charge is 2.25. The number of hydrogen-bond donors (Lipinski definition) is 0. The van der Waals surface area contributed by atoms with Crippen LogP contribution in [0.1, 0.15) is 36.2 Å². The summed E-state index contributed by atoms with van der Waals surface area (Å²) in [6, 6.07) is 5.54. The molecule has 0 bridgehead atoms. The number of rotatable bonds is 3. The largest absolute Gasteiger partial charge is 0.435 e. The third-order valence-corrected chi connectivity index (χ3v) is 4.87. The van der Waals surface area contributed by atoms with Crippen LogP contribution in [0.2, 0.25) is 5.02 Å². The van der Waals surface area contributed by atoms with Gasteiger partial charge in [0, 0.05) is 24.2 Å². The molecule has 0 unspecified atom stereocenters. The molecular weight excluding hydrogens is 340 g/mol. The lowest BCUT2D eigenvalue weighted by molar-refractivity contribution is 0.0728. The van der Waals surface area contributed by atoms with Crippen LogP contribution in [-0.4, -0.2) is 38.8 Å². The Morgan fingerprint density at radius 2 is 2.04 bits per heavy atom. The van der Waals surface area contributed by atoms with E-state index in [4.69, 9.17) is 16.0 Å². The molecule has 0 saturated heterocycles. The Morgan fingerprint density at radius 3 is 2.76 bits per heavy atom. The molecule has 1 aromatic carbocycles. The van der Waals surface area contributed by atoms with Crippen molar-refractivity contribution in [2.45, 2.75) is 31.7 Å². The van der Waals surface area contributed by atoms with Crippen molar-refractivity contribution < 1.29 is 9.21 Å². The predicted octanol–water partition coefficient (Wildman–Crippen LogP) is 3.95. The molecule has 1 aliphatic rings. The number of carbonyl (C=O) groups is 1. The lowest BCUT2D eigenvalue weighted by Gasteiger charge is -2.23. The molecule has 0 aliphatic heterocycles. The molecule has 1 amide bonds. The van der Waals surface area contributed by atoms with Gasteiger partial charge in [-0.3, -0.25) is 4.79 Å². The molecule has 6 nitrogen and oxygen atoms in total. The molecule has 1 fully saturated rings. The minimum atomic E-state index is -0.102. The number of nitrogens with zero attached hydrogens (tertiary/aromatic N) is 4. The molecule has 2 aromatic heterocycles. The molecule has 25 heavy (non-hydrogen) atoms. The first kappa shape index (κ1) is 16.0. The van der Waals surface area contributed by atoms with Crippen LogP contribution in [0.4, 0.5) is 0 Å². The molecule has 0 spiro atoms. The molecule has 4 rings (SSSR count). The summed E-state index contributed by atoms with van der Waals surface area (Å²) < 4.78 is 5.67. The van der Waals surface area contributed by atoms with Crippen molar-refractivity contribution in [1.29, 1.82) is 0 Å². The molecule has 0 atom stereocenters. The fourth-order valence-corrected chi connectivity index (χ4v) is 3.36. The second-order valence-electron chi connectivity index (χ2n) is 6.27. The quantitative estimate of drug-likeness (QED) is 0.710. The summed E-state index contributed by atoms with van der Waals surface area (Å²) in [5.74, 6) is 0.253. The maximum Gasteiger partial charge on any atom is 0.274 e. The van der Waals surface area contributed by atoms with Gasteiger partial charge >= 0.3 is 0 Å². The summed E-state index contributed by atoms with van der Waals surface area (Å²) >= 11 is 5.96. The van der Waals surface area contributed by atoms with Gasteiger partial charge < -0.3 is 9.32 Å². The number of oxazole rings is 1. The summed E-state index contributed by atoms with van der Waals surface area (Å²) in [6.45, 7) is 0. The Hall–Kier alpha value is -2.47. The van der Waals surface area contributed by atoms with E-state index >= 15 is 0 Å². The van der Waals surface area contributed by atoms with Crippen LogP contribution in [-0.2, 0) is 0 Å². The maximum absolute atomic E-state index is 12.5. The number of halogens is 1. The van der Waals surface area contributed by atoms with E-state index in [9.17, 15) is 4.79 Å². The van der Waals surface area contributed by atoms with Crippen molar-refractivity contribution in [2.24, 2.45) is 0 Å². The molecule has 128 valence electrons. The minimum absolute atomic E-state index is 0.102. The zero-order chi connectivity index (χ0) is 17.4. The Balaban J connectivity index is 1.57. The SMILES string of the molecule is CN(C(=O)c1cnc(-c2nc3ccc(Cl)cc3o2)cn1)C1CCCC1. The summed E-state index contributed by atoms with van der Waals surface area (Å²) in [5, 5.41) is 0.581. The molecule has 1 aliphatic carbocycles. The molecule has 1 saturated carbocycles. The van der Waals surface area contributed by atoms with E-state index in [0.717, 1.165) is 12.8 Å². The Bertz CT molecular complexity index is 916. The van der Waals surface area contributed by atoms with Crippen LogP contribution in [0.5, 0.6) is 0 Å². The Labute approximate surface area is 149 Å². The third kappa shape index (κ3) is 3.09. The topological polar surface area (TPSA) is 72.1 Å². The average Bonchev–Trinajstić information content (AvgIpc) is 3.30. The number of fused-ring (bicyclic) bond motifs is 1. The number of carbonyl (C=O) groups excluding carboxylic acids is 1. The number of aromatic nitrogens is 3. The van der Waals surface area contributed by atoms with Crippen LogP contribution in [0.15, 0.2) is 35.0 Å². The second-order valence-corrected chi connectivity index (χ2v) is 6.71. The first-order valence-corrected chi connectivity index (χ1v) is 8.65. The van der Waals surface area contributed by atoms with Crippen LogP contribution in [0.25, 0.3) is 22.7 Å². The van der Waals surface area contributed by atoms with Crippen molar-refractivity contribution in [3.05, 3.63) is 41.3 Å². The smallest absolute Gasteiger partial charge is 0.274 e. The average molecular weight is 357 g/mol. The number of amides is 1. The minimum Gasteiger partial charge on any atom is -0.435 e. The first-order valence-electron chi connectivity index (χ1n) is 8.27. The molecule has 7 heteroatoms. The Kier molecular flexibility index (Phi) is 4.13. The summed E-state index contributed by atoms with van der Waals surface area (Å²) in [6.07, 6.45) is 7.45. The van der Waals surface area contributed by atoms with Gasteiger partial charge in [-0.2, -0.15) is 0 Å². The maximum atomic E-state index is 12.5. The van der Waals surface area contributed by atoms with E-state index in [2.05, 4.69) is 15.0 Å². The van der Waals surface area contributed by atoms with E-state index in [1.54, 1.807) is 23.1 Å². The Morgan fingerprint density at radius 1 is 1.24 bits per heavy atom. The normalized spacial score (nSPS) is 15.0. The monoisotopic (exact) mass is 356 g/mol. The molecular formula is C18H17ClN4O2. The lowest BCUT2D eigenvalue weighted by atomic mass is 10.2. The predicted molar refractivity (Wildman–Crippen MR) is 94.4 cm³/mol. The fraction of sp³-hybridized carbons (Fsp3) is 0.333. The summed E-state index contributed by atoms with van der Waals surface area (Å²) in [4.78, 5) is 27.2. The van der Waals surface area contributed by atoms with Crippen molar-refractivity contribution in [2.75, 3.05) is 7.05 Å². The zero-order valence-electron chi connectivity index (χ0n) is 13.8. The van der Waals surface area contributed by atoms with E-state index in [1.165, 1.54) is 25.2 Å². The van der Waals surface area contributed by atoms with Gasteiger partial charge in [-0.15, -0.1) is 0 Å². The highest BCUT2D eigenvalue weighted by Crippen LogP contribution is 2.26. The van der Waals surface area contributed by atoms with Gasteiger partial charge in [0.1, 0.15) is 16.9 Å². The van der Waals surface area contributed by atoms with E-state index < -0.39 is 0 Å². The molecule has 3 aromatic rings. The van der Waals surface area contributed by atoms with Gasteiger partial charge in [-0.25, -0.2) is 15.0 Å². The number of benzene rings is 1. The van der Waals surface area contributed by atoms with Crippen LogP contribution in [0, 0.1) is 0 Å². The van der Waals surface area contributed by atoms with Crippen LogP contribution < -0.4 is 0 Å². The van der Waals surface area contributed by atoms with Crippen molar-refractivity contribution in [3.63, 3.8) is 0 Å². The fourth-order valence-electron chi connectivity index (χ4n) is 3.19. The van der Waals surface area contributed by atoms with E-state index in [0.29, 0.717) is 39.4 Å². The summed E-state index contributed by atoms with van der Waals surface area (Å²) in [7, 11) is 1.83. The molecule has 2 heterocycles. The van der Waals surface area contributed by atoms with Crippen LogP contribution in [0.3, 0.4) is 0 Å². The number of hydrogen-bond acceptors (Lipinski definition) is 5. The summed E-state index contributed by atoms with van der Waals surface area (Å²) in [5.41, 5.74) is 2.09. The van der Waals surface area contributed by atoms with Crippen molar-refractivity contribution in [3.8, 4) is 11.6 Å². The highest BCUT2D eigenvalue weighted by molar-refractivity contribution is 6.31. The first-order chi connectivity index (χ1) is 12.1. The van der Waals surface area contributed by atoms with Gasteiger partial charge in [-0.1, -0.05) is 24.4 Å². The lowest BCUT2D eigenvalue weighted by Crippen LogP contribution is -2.35. The van der Waals surface area contributed by atoms with Crippen molar-refractivity contribution in [1.82, 2.24) is 19.9 Å². The molecule has 0 N–H and O–H groups in total. The van der Waals surface area contributed by atoms with Crippen molar-refractivity contribution >= 4 is 28.6 Å². The second kappa shape index (κ2) is 6.44. The standard InChI is InChI=1S/C18H17ClN4O2/c1-23(12-4-2-3-5-12)18(24)15-10-20-14(9-21-15)17-22-13-7-6-11(19)8-16(13)25-17/h6-10,12H,2-5H2,1H3. The third-order valence-electron chi connectivity index (χ3n) is 4.63. The zero-order valence-corrected chi connectivity index (χ0v) is 14.5. The van der Waals surface area contributed by atoms with Gasteiger partial charge in [-0.05, 0) is 25.0 Å². The van der Waals surface area contributed by atoms with Gasteiger partial charge in [0.2, 0.25) is 5.89 Å². The highest BCUT2D eigenvalue weighted by atomic mass is 35.5. The van der Waals surface area contributed by atoms with E-state index in [1.807, 2.05) is 7.05 Å². The molecule has 0 radical (unpaired) electrons. The van der Waals surface area contributed by atoms with E-state index in [-0.39, 0.29) is 5.91 Å². The van der Waals surface area contributed by atoms with Gasteiger partial charge in [0.15, 0.2) is 5.58 Å². The van der Waals surface area contributed by atoms with Crippen LogP contribution >= 0.6 is 11.6 Å².